The monoisotopic (exact) mass is 320 g/mol. The summed E-state index contributed by atoms with van der Waals surface area (Å²) in [6.45, 7) is 5.77. The van der Waals surface area contributed by atoms with Crippen LogP contribution in [0.15, 0.2) is 10.9 Å². The summed E-state index contributed by atoms with van der Waals surface area (Å²) in [6.07, 6.45) is 0.790. The van der Waals surface area contributed by atoms with Crippen molar-refractivity contribution in [2.24, 2.45) is 0 Å². The minimum atomic E-state index is -3.41. The van der Waals surface area contributed by atoms with E-state index in [1.165, 1.54) is 19.9 Å². The van der Waals surface area contributed by atoms with Gasteiger partial charge in [-0.2, -0.15) is 17.0 Å². The third-order valence-corrected chi connectivity index (χ3v) is 5.38. The van der Waals surface area contributed by atoms with Gasteiger partial charge in [0.05, 0.1) is 17.7 Å². The van der Waals surface area contributed by atoms with E-state index in [9.17, 15) is 8.42 Å². The number of rotatable bonds is 9. The van der Waals surface area contributed by atoms with Gasteiger partial charge in [0.25, 0.3) is 10.2 Å². The molecule has 0 aliphatic carbocycles. The van der Waals surface area contributed by atoms with Crippen LogP contribution in [0.1, 0.15) is 26.0 Å². The molecule has 1 aromatic rings. The van der Waals surface area contributed by atoms with Crippen molar-refractivity contribution in [1.29, 1.82) is 0 Å². The van der Waals surface area contributed by atoms with Crippen LogP contribution in [-0.4, -0.2) is 55.2 Å². The summed E-state index contributed by atoms with van der Waals surface area (Å²) >= 11 is 1.47. The van der Waals surface area contributed by atoms with Gasteiger partial charge in [0.1, 0.15) is 0 Å². The number of thiazole rings is 1. The Bertz CT molecular complexity index is 474. The normalized spacial score (nSPS) is 12.8. The van der Waals surface area contributed by atoms with E-state index in [4.69, 9.17) is 0 Å². The van der Waals surface area contributed by atoms with Gasteiger partial charge >= 0.3 is 0 Å². The van der Waals surface area contributed by atoms with Crippen molar-refractivity contribution in [2.45, 2.75) is 32.9 Å². The maximum absolute atomic E-state index is 12.3. The van der Waals surface area contributed by atoms with Gasteiger partial charge in [-0.05, 0) is 13.0 Å². The first kappa shape index (κ1) is 17.5. The average Bonchev–Trinajstić information content (AvgIpc) is 2.86. The fraction of sp³-hybridized carbons (Fsp3) is 0.750. The van der Waals surface area contributed by atoms with Crippen molar-refractivity contribution in [3.63, 3.8) is 0 Å². The zero-order valence-electron chi connectivity index (χ0n) is 12.5. The highest BCUT2D eigenvalue weighted by Gasteiger charge is 2.23. The van der Waals surface area contributed by atoms with E-state index in [0.717, 1.165) is 18.7 Å². The van der Waals surface area contributed by atoms with E-state index >= 15 is 0 Å². The first-order valence-electron chi connectivity index (χ1n) is 6.62. The largest absolute Gasteiger partial charge is 0.314 e. The second-order valence-corrected chi connectivity index (χ2v) is 7.89. The standard InChI is InChI=1S/C12H24N4O2S2/c1-11(2)13-6-5-7-15(3)20(17,18)16(4)8-12-9-19-10-14-12/h9-11,13H,5-8H2,1-4H3. The maximum Gasteiger partial charge on any atom is 0.281 e. The summed E-state index contributed by atoms with van der Waals surface area (Å²) in [5.74, 6) is 0. The molecule has 8 heteroatoms. The fourth-order valence-corrected chi connectivity index (χ4v) is 3.35. The Morgan fingerprint density at radius 3 is 2.60 bits per heavy atom. The predicted octanol–water partition coefficient (Wildman–Crippen LogP) is 1.14. The van der Waals surface area contributed by atoms with Crippen LogP contribution in [-0.2, 0) is 16.8 Å². The highest BCUT2D eigenvalue weighted by atomic mass is 32.2. The van der Waals surface area contributed by atoms with Gasteiger partial charge < -0.3 is 5.32 Å². The first-order valence-corrected chi connectivity index (χ1v) is 8.96. The molecule has 0 fully saturated rings. The summed E-state index contributed by atoms with van der Waals surface area (Å²) in [6, 6.07) is 0.421. The van der Waals surface area contributed by atoms with Gasteiger partial charge in [-0.15, -0.1) is 11.3 Å². The molecule has 1 N–H and O–H groups in total. The Morgan fingerprint density at radius 1 is 1.35 bits per heavy atom. The van der Waals surface area contributed by atoms with Gasteiger partial charge in [0.15, 0.2) is 0 Å². The van der Waals surface area contributed by atoms with Gasteiger partial charge in [0, 0.05) is 32.1 Å². The van der Waals surface area contributed by atoms with Gasteiger partial charge in [-0.25, -0.2) is 4.98 Å². The van der Waals surface area contributed by atoms with Crippen molar-refractivity contribution in [2.75, 3.05) is 27.2 Å². The van der Waals surface area contributed by atoms with Crippen LogP contribution in [0, 0.1) is 0 Å². The third kappa shape index (κ3) is 5.45. The van der Waals surface area contributed by atoms with Crippen LogP contribution < -0.4 is 5.32 Å². The number of hydrogen-bond acceptors (Lipinski definition) is 5. The molecular weight excluding hydrogens is 296 g/mol. The van der Waals surface area contributed by atoms with Gasteiger partial charge in [-0.3, -0.25) is 0 Å². The second kappa shape index (κ2) is 8.04. The summed E-state index contributed by atoms with van der Waals surface area (Å²) in [5, 5.41) is 5.13. The van der Waals surface area contributed by atoms with E-state index in [0.29, 0.717) is 19.1 Å². The minimum Gasteiger partial charge on any atom is -0.314 e. The molecule has 116 valence electrons. The lowest BCUT2D eigenvalue weighted by Gasteiger charge is -2.24. The topological polar surface area (TPSA) is 65.5 Å². The number of nitrogens with one attached hydrogen (secondary N) is 1. The van der Waals surface area contributed by atoms with Crippen LogP contribution in [0.2, 0.25) is 0 Å². The zero-order chi connectivity index (χ0) is 15.2. The predicted molar refractivity (Wildman–Crippen MR) is 82.9 cm³/mol. The molecule has 20 heavy (non-hydrogen) atoms. The summed E-state index contributed by atoms with van der Waals surface area (Å²) in [4.78, 5) is 4.11. The molecule has 0 saturated carbocycles. The first-order chi connectivity index (χ1) is 9.34. The number of hydrogen-bond donors (Lipinski definition) is 1. The molecule has 1 rings (SSSR count). The molecule has 1 aromatic heterocycles. The molecule has 1 heterocycles. The maximum atomic E-state index is 12.3. The van der Waals surface area contributed by atoms with E-state index in [2.05, 4.69) is 24.1 Å². The Labute approximate surface area is 126 Å². The molecule has 0 aromatic carbocycles. The van der Waals surface area contributed by atoms with Crippen molar-refractivity contribution < 1.29 is 8.42 Å². The molecule has 0 spiro atoms. The van der Waals surface area contributed by atoms with Crippen LogP contribution in [0.3, 0.4) is 0 Å². The molecule has 0 saturated heterocycles. The fourth-order valence-electron chi connectivity index (χ4n) is 1.67. The van der Waals surface area contributed by atoms with Crippen LogP contribution in [0.4, 0.5) is 0 Å². The van der Waals surface area contributed by atoms with Gasteiger partial charge in [0.2, 0.25) is 0 Å². The smallest absolute Gasteiger partial charge is 0.281 e. The SMILES string of the molecule is CC(C)NCCCN(C)S(=O)(=O)N(C)Cc1cscn1. The highest BCUT2D eigenvalue weighted by Crippen LogP contribution is 2.10. The van der Waals surface area contributed by atoms with Crippen molar-refractivity contribution in [3.05, 3.63) is 16.6 Å². The summed E-state index contributed by atoms with van der Waals surface area (Å²) < 4.78 is 27.3. The molecule has 0 aliphatic heterocycles. The highest BCUT2D eigenvalue weighted by molar-refractivity contribution is 7.86. The molecule has 0 amide bonds. The second-order valence-electron chi connectivity index (χ2n) is 5.03. The minimum absolute atomic E-state index is 0.306. The lowest BCUT2D eigenvalue weighted by molar-refractivity contribution is 0.381. The van der Waals surface area contributed by atoms with E-state index in [1.54, 1.807) is 19.6 Å². The Kier molecular flexibility index (Phi) is 7.04. The lowest BCUT2D eigenvalue weighted by atomic mass is 10.3. The number of nitrogens with zero attached hydrogens (tertiary/aromatic N) is 3. The molecule has 0 aliphatic rings. The molecule has 6 nitrogen and oxygen atoms in total. The number of aromatic nitrogens is 1. The Hall–Kier alpha value is -0.540. The molecule has 0 radical (unpaired) electrons. The lowest BCUT2D eigenvalue weighted by Crippen LogP contribution is -2.40. The zero-order valence-corrected chi connectivity index (χ0v) is 14.2. The van der Waals surface area contributed by atoms with Crippen LogP contribution in [0.5, 0.6) is 0 Å². The molecule has 0 bridgehead atoms. The summed E-state index contributed by atoms with van der Waals surface area (Å²) in [7, 11) is -0.218. The van der Waals surface area contributed by atoms with Crippen molar-refractivity contribution >= 4 is 21.5 Å². The van der Waals surface area contributed by atoms with Crippen LogP contribution in [0.25, 0.3) is 0 Å². The van der Waals surface area contributed by atoms with Crippen molar-refractivity contribution in [1.82, 2.24) is 18.9 Å². The van der Waals surface area contributed by atoms with Gasteiger partial charge in [-0.1, -0.05) is 13.8 Å². The Morgan fingerprint density at radius 2 is 2.05 bits per heavy atom. The molecule has 0 atom stereocenters. The summed E-state index contributed by atoms with van der Waals surface area (Å²) in [5.41, 5.74) is 2.48. The quantitative estimate of drug-likeness (QED) is 0.693. The van der Waals surface area contributed by atoms with E-state index < -0.39 is 10.2 Å². The third-order valence-electron chi connectivity index (χ3n) is 2.86. The Balaban J connectivity index is 2.45. The van der Waals surface area contributed by atoms with Crippen molar-refractivity contribution in [3.8, 4) is 0 Å². The molecular formula is C12H24N4O2S2. The van der Waals surface area contributed by atoms with Crippen LogP contribution >= 0.6 is 11.3 Å². The van der Waals surface area contributed by atoms with E-state index in [1.807, 2.05) is 5.38 Å². The molecule has 0 unspecified atom stereocenters. The van der Waals surface area contributed by atoms with E-state index in [-0.39, 0.29) is 0 Å². The average molecular weight is 320 g/mol.